The van der Waals surface area contributed by atoms with E-state index in [0.29, 0.717) is 5.88 Å². The van der Waals surface area contributed by atoms with Gasteiger partial charge in [-0.3, -0.25) is 0 Å². The number of methoxy groups -OCH3 is 1. The van der Waals surface area contributed by atoms with Gasteiger partial charge in [0.25, 0.3) is 0 Å². The molecule has 1 N–H and O–H groups in total. The minimum absolute atomic E-state index is 0.629. The molecule has 0 aromatic carbocycles. The average Bonchev–Trinajstić information content (AvgIpc) is 2.82. The van der Waals surface area contributed by atoms with E-state index in [0.717, 1.165) is 24.2 Å². The molecule has 5 heteroatoms. The molecule has 16 heavy (non-hydrogen) atoms. The number of nitrogens with zero attached hydrogens (tertiary/aromatic N) is 2. The van der Waals surface area contributed by atoms with Crippen LogP contribution in [0.2, 0.25) is 0 Å². The molecule has 84 valence electrons. The monoisotopic (exact) mass is 219 g/mol. The molecule has 0 amide bonds. The van der Waals surface area contributed by atoms with Crippen molar-refractivity contribution in [2.24, 2.45) is 0 Å². The van der Waals surface area contributed by atoms with E-state index in [9.17, 15) is 0 Å². The maximum absolute atomic E-state index is 5.04. The van der Waals surface area contributed by atoms with Crippen LogP contribution in [0, 0.1) is 0 Å². The van der Waals surface area contributed by atoms with Crippen LogP contribution in [0.1, 0.15) is 11.1 Å². The summed E-state index contributed by atoms with van der Waals surface area (Å²) in [6.07, 6.45) is 5.05. The first-order valence-electron chi connectivity index (χ1n) is 4.96. The molecule has 2 rings (SSSR count). The van der Waals surface area contributed by atoms with E-state index in [1.165, 1.54) is 0 Å². The Morgan fingerprint density at radius 1 is 1.38 bits per heavy atom. The molecule has 0 atom stereocenters. The van der Waals surface area contributed by atoms with Crippen LogP contribution in [-0.4, -0.2) is 17.3 Å². The third kappa shape index (κ3) is 2.80. The third-order valence-electron chi connectivity index (χ3n) is 2.15. The standard InChI is InChI=1S/C11H13N3O2/c1-15-11-4-9(2-3-13-11)5-12-6-10-7-14-16-8-10/h2-4,7-8,12H,5-6H2,1H3. The van der Waals surface area contributed by atoms with Crippen molar-refractivity contribution in [2.75, 3.05) is 7.11 Å². The maximum atomic E-state index is 5.04. The van der Waals surface area contributed by atoms with E-state index in [4.69, 9.17) is 9.26 Å². The van der Waals surface area contributed by atoms with Crippen LogP contribution in [0.5, 0.6) is 5.88 Å². The number of nitrogens with one attached hydrogen (secondary N) is 1. The summed E-state index contributed by atoms with van der Waals surface area (Å²) in [5.74, 6) is 0.629. The molecule has 2 heterocycles. The van der Waals surface area contributed by atoms with Gasteiger partial charge in [0.1, 0.15) is 6.26 Å². The van der Waals surface area contributed by atoms with Gasteiger partial charge in [-0.1, -0.05) is 5.16 Å². The Morgan fingerprint density at radius 2 is 2.25 bits per heavy atom. The van der Waals surface area contributed by atoms with Crippen molar-refractivity contribution in [2.45, 2.75) is 13.1 Å². The molecule has 0 aliphatic rings. The molecule has 2 aromatic rings. The van der Waals surface area contributed by atoms with Crippen molar-refractivity contribution in [1.82, 2.24) is 15.5 Å². The Hall–Kier alpha value is -1.88. The van der Waals surface area contributed by atoms with Gasteiger partial charge in [-0.2, -0.15) is 0 Å². The van der Waals surface area contributed by atoms with Crippen molar-refractivity contribution < 1.29 is 9.26 Å². The molecular weight excluding hydrogens is 206 g/mol. The fraction of sp³-hybridized carbons (Fsp3) is 0.273. The molecule has 0 saturated carbocycles. The zero-order valence-corrected chi connectivity index (χ0v) is 9.01. The Labute approximate surface area is 93.4 Å². The fourth-order valence-corrected chi connectivity index (χ4v) is 1.34. The number of ether oxygens (including phenoxy) is 1. The number of rotatable bonds is 5. The fourth-order valence-electron chi connectivity index (χ4n) is 1.34. The van der Waals surface area contributed by atoms with Crippen molar-refractivity contribution >= 4 is 0 Å². The zero-order valence-electron chi connectivity index (χ0n) is 9.01. The van der Waals surface area contributed by atoms with Gasteiger partial charge in [-0.25, -0.2) is 4.98 Å². The highest BCUT2D eigenvalue weighted by Gasteiger charge is 1.98. The third-order valence-corrected chi connectivity index (χ3v) is 2.15. The predicted octanol–water partition coefficient (Wildman–Crippen LogP) is 1.37. The molecule has 0 bridgehead atoms. The highest BCUT2D eigenvalue weighted by Crippen LogP contribution is 2.08. The molecule has 5 nitrogen and oxygen atoms in total. The van der Waals surface area contributed by atoms with Gasteiger partial charge in [-0.15, -0.1) is 0 Å². The minimum atomic E-state index is 0.629. The van der Waals surface area contributed by atoms with Gasteiger partial charge < -0.3 is 14.6 Å². The van der Waals surface area contributed by atoms with E-state index < -0.39 is 0 Å². The number of hydrogen-bond donors (Lipinski definition) is 1. The SMILES string of the molecule is COc1cc(CNCc2cnoc2)ccn1. The second-order valence-electron chi connectivity index (χ2n) is 3.34. The van der Waals surface area contributed by atoms with Gasteiger partial charge in [0.05, 0.1) is 13.3 Å². The lowest BCUT2D eigenvalue weighted by Crippen LogP contribution is -2.12. The molecule has 0 aliphatic heterocycles. The summed E-state index contributed by atoms with van der Waals surface area (Å²) in [5, 5.41) is 6.90. The second-order valence-corrected chi connectivity index (χ2v) is 3.34. The number of pyridine rings is 1. The maximum Gasteiger partial charge on any atom is 0.213 e. The van der Waals surface area contributed by atoms with Gasteiger partial charge in [0.15, 0.2) is 0 Å². The van der Waals surface area contributed by atoms with Gasteiger partial charge in [-0.05, 0) is 11.6 Å². The van der Waals surface area contributed by atoms with Crippen LogP contribution in [-0.2, 0) is 13.1 Å². The summed E-state index contributed by atoms with van der Waals surface area (Å²) in [7, 11) is 1.61. The Balaban J connectivity index is 1.85. The Kier molecular flexibility index (Phi) is 3.50. The van der Waals surface area contributed by atoms with Crippen molar-refractivity contribution in [3.05, 3.63) is 41.9 Å². The van der Waals surface area contributed by atoms with Crippen LogP contribution in [0.4, 0.5) is 0 Å². The lowest BCUT2D eigenvalue weighted by Gasteiger charge is -2.04. The van der Waals surface area contributed by atoms with Crippen molar-refractivity contribution in [3.8, 4) is 5.88 Å². The lowest BCUT2D eigenvalue weighted by atomic mass is 10.2. The topological polar surface area (TPSA) is 60.2 Å². The first-order chi connectivity index (χ1) is 7.88. The quantitative estimate of drug-likeness (QED) is 0.822. The summed E-state index contributed by atoms with van der Waals surface area (Å²) in [4.78, 5) is 4.04. The average molecular weight is 219 g/mol. The van der Waals surface area contributed by atoms with Crippen LogP contribution in [0.25, 0.3) is 0 Å². The van der Waals surface area contributed by atoms with E-state index in [2.05, 4.69) is 15.5 Å². The van der Waals surface area contributed by atoms with Gasteiger partial charge in [0.2, 0.25) is 5.88 Å². The summed E-state index contributed by atoms with van der Waals surface area (Å²) in [6, 6.07) is 3.85. The van der Waals surface area contributed by atoms with Gasteiger partial charge >= 0.3 is 0 Å². The zero-order chi connectivity index (χ0) is 11.2. The van der Waals surface area contributed by atoms with E-state index in [1.54, 1.807) is 25.8 Å². The second kappa shape index (κ2) is 5.27. The molecule has 0 radical (unpaired) electrons. The lowest BCUT2D eigenvalue weighted by molar-refractivity contribution is 0.397. The highest BCUT2D eigenvalue weighted by atomic mass is 16.5. The molecule has 2 aromatic heterocycles. The highest BCUT2D eigenvalue weighted by molar-refractivity contribution is 5.20. The van der Waals surface area contributed by atoms with Crippen molar-refractivity contribution in [1.29, 1.82) is 0 Å². The Morgan fingerprint density at radius 3 is 3.00 bits per heavy atom. The van der Waals surface area contributed by atoms with Crippen molar-refractivity contribution in [3.63, 3.8) is 0 Å². The van der Waals surface area contributed by atoms with Crippen LogP contribution < -0.4 is 10.1 Å². The minimum Gasteiger partial charge on any atom is -0.481 e. The molecule has 0 aliphatic carbocycles. The smallest absolute Gasteiger partial charge is 0.213 e. The predicted molar refractivity (Wildman–Crippen MR) is 57.8 cm³/mol. The first kappa shape index (κ1) is 10.6. The summed E-state index contributed by atoms with van der Waals surface area (Å²) in [6.45, 7) is 1.48. The summed E-state index contributed by atoms with van der Waals surface area (Å²) >= 11 is 0. The Bertz CT molecular complexity index is 429. The van der Waals surface area contributed by atoms with Crippen LogP contribution in [0.15, 0.2) is 35.3 Å². The van der Waals surface area contributed by atoms with E-state index in [-0.39, 0.29) is 0 Å². The summed E-state index contributed by atoms with van der Waals surface area (Å²) < 4.78 is 9.78. The number of hydrogen-bond acceptors (Lipinski definition) is 5. The van der Waals surface area contributed by atoms with Crippen LogP contribution >= 0.6 is 0 Å². The molecule has 0 fully saturated rings. The normalized spacial score (nSPS) is 10.3. The molecule has 0 unspecified atom stereocenters. The molecule has 0 saturated heterocycles. The van der Waals surface area contributed by atoms with Crippen LogP contribution in [0.3, 0.4) is 0 Å². The largest absolute Gasteiger partial charge is 0.481 e. The van der Waals surface area contributed by atoms with Gasteiger partial charge in [0, 0.05) is 30.9 Å². The van der Waals surface area contributed by atoms with E-state index in [1.807, 2.05) is 12.1 Å². The van der Waals surface area contributed by atoms with E-state index >= 15 is 0 Å². The first-order valence-corrected chi connectivity index (χ1v) is 4.96. The summed E-state index contributed by atoms with van der Waals surface area (Å²) in [5.41, 5.74) is 2.16. The number of aromatic nitrogens is 2. The molecule has 0 spiro atoms. The molecular formula is C11H13N3O2.